The molecular weight excluding hydrogens is 382 g/mol. The molecule has 0 aliphatic rings. The Kier molecular flexibility index (Phi) is 6.76. The Morgan fingerprint density at radius 1 is 1.07 bits per heavy atom. The van der Waals surface area contributed by atoms with E-state index in [1.807, 2.05) is 0 Å². The standard InChI is InChI=1S/C20H21NO8/c1-5-27-20(26)16-15(11(3)22)12(4)29-18(16)21-14(23)9-28-19(25)13-8-6-7-10(2)17(13)24/h6-8,24H,5,9H2,1-4H3,(H,21,23). The van der Waals surface area contributed by atoms with Crippen molar-refractivity contribution in [1.82, 2.24) is 0 Å². The molecule has 29 heavy (non-hydrogen) atoms. The number of rotatable bonds is 7. The fourth-order valence-corrected chi connectivity index (χ4v) is 2.65. The average molecular weight is 403 g/mol. The second-order valence-electron chi connectivity index (χ2n) is 6.11. The summed E-state index contributed by atoms with van der Waals surface area (Å²) in [4.78, 5) is 48.3. The number of hydrogen-bond donors (Lipinski definition) is 2. The van der Waals surface area contributed by atoms with Crippen LogP contribution in [-0.2, 0) is 14.3 Å². The molecule has 0 aliphatic carbocycles. The van der Waals surface area contributed by atoms with Gasteiger partial charge in [0.15, 0.2) is 12.4 Å². The Bertz CT molecular complexity index is 973. The first-order chi connectivity index (χ1) is 13.7. The number of ketones is 1. The quantitative estimate of drug-likeness (QED) is 0.533. The van der Waals surface area contributed by atoms with Gasteiger partial charge in [-0.1, -0.05) is 12.1 Å². The highest BCUT2D eigenvalue weighted by molar-refractivity contribution is 6.11. The molecule has 1 heterocycles. The second kappa shape index (κ2) is 9.05. The topological polar surface area (TPSA) is 132 Å². The smallest absolute Gasteiger partial charge is 0.344 e. The number of aryl methyl sites for hydroxylation is 2. The van der Waals surface area contributed by atoms with Gasteiger partial charge in [-0.3, -0.25) is 14.9 Å². The van der Waals surface area contributed by atoms with Crippen molar-refractivity contribution < 1.29 is 38.2 Å². The molecule has 9 nitrogen and oxygen atoms in total. The average Bonchev–Trinajstić information content (AvgIpc) is 2.98. The number of carbonyl (C=O) groups is 4. The van der Waals surface area contributed by atoms with Gasteiger partial charge in [0.1, 0.15) is 22.6 Å². The van der Waals surface area contributed by atoms with Crippen molar-refractivity contribution in [2.24, 2.45) is 0 Å². The van der Waals surface area contributed by atoms with Gasteiger partial charge in [0.25, 0.3) is 5.91 Å². The van der Waals surface area contributed by atoms with Gasteiger partial charge < -0.3 is 19.0 Å². The van der Waals surface area contributed by atoms with Gasteiger partial charge >= 0.3 is 11.9 Å². The van der Waals surface area contributed by atoms with E-state index < -0.39 is 30.2 Å². The lowest BCUT2D eigenvalue weighted by Crippen LogP contribution is -2.22. The zero-order valence-electron chi connectivity index (χ0n) is 16.5. The van der Waals surface area contributed by atoms with Crippen LogP contribution in [-0.4, -0.2) is 41.9 Å². The molecule has 0 bridgehead atoms. The number of benzene rings is 1. The first kappa shape index (κ1) is 21.7. The number of amides is 1. The SMILES string of the molecule is CCOC(=O)c1c(NC(=O)COC(=O)c2cccc(C)c2O)oc(C)c1C(C)=O. The number of anilines is 1. The van der Waals surface area contributed by atoms with Gasteiger partial charge in [-0.2, -0.15) is 0 Å². The number of hydrogen-bond acceptors (Lipinski definition) is 8. The summed E-state index contributed by atoms with van der Waals surface area (Å²) in [6.45, 7) is 5.28. The predicted octanol–water partition coefficient (Wildman–Crippen LogP) is 2.78. The summed E-state index contributed by atoms with van der Waals surface area (Å²) in [5.74, 6) is -3.34. The van der Waals surface area contributed by atoms with Crippen molar-refractivity contribution >= 4 is 29.5 Å². The van der Waals surface area contributed by atoms with E-state index in [4.69, 9.17) is 13.9 Å². The molecular formula is C20H21NO8. The van der Waals surface area contributed by atoms with Crippen LogP contribution in [0.3, 0.4) is 0 Å². The minimum Gasteiger partial charge on any atom is -0.507 e. The molecule has 0 radical (unpaired) electrons. The third-order valence-electron chi connectivity index (χ3n) is 3.96. The Hall–Kier alpha value is -3.62. The fourth-order valence-electron chi connectivity index (χ4n) is 2.65. The number of aromatic hydroxyl groups is 1. The lowest BCUT2D eigenvalue weighted by molar-refractivity contribution is -0.119. The number of para-hydroxylation sites is 1. The van der Waals surface area contributed by atoms with Gasteiger partial charge in [0.05, 0.1) is 12.2 Å². The zero-order valence-corrected chi connectivity index (χ0v) is 16.5. The van der Waals surface area contributed by atoms with Crippen molar-refractivity contribution in [3.63, 3.8) is 0 Å². The van der Waals surface area contributed by atoms with E-state index in [-0.39, 0.29) is 40.7 Å². The molecule has 0 saturated carbocycles. The normalized spacial score (nSPS) is 10.3. The fraction of sp³-hybridized carbons (Fsp3) is 0.300. The summed E-state index contributed by atoms with van der Waals surface area (Å²) in [5.41, 5.74) is 0.191. The van der Waals surface area contributed by atoms with Crippen molar-refractivity contribution in [3.05, 3.63) is 46.2 Å². The van der Waals surface area contributed by atoms with Crippen LogP contribution in [0.2, 0.25) is 0 Å². The number of furan rings is 1. The Morgan fingerprint density at radius 2 is 1.76 bits per heavy atom. The number of nitrogens with one attached hydrogen (secondary N) is 1. The molecule has 2 aromatic rings. The maximum absolute atomic E-state index is 12.2. The van der Waals surface area contributed by atoms with Crippen molar-refractivity contribution in [2.75, 3.05) is 18.5 Å². The van der Waals surface area contributed by atoms with E-state index in [0.29, 0.717) is 5.56 Å². The molecule has 0 unspecified atom stereocenters. The maximum atomic E-state index is 12.2. The van der Waals surface area contributed by atoms with Gasteiger partial charge in [-0.05, 0) is 39.3 Å². The third-order valence-corrected chi connectivity index (χ3v) is 3.96. The molecule has 0 fully saturated rings. The van der Waals surface area contributed by atoms with Crippen LogP contribution in [0.5, 0.6) is 5.75 Å². The summed E-state index contributed by atoms with van der Waals surface area (Å²) < 4.78 is 15.2. The first-order valence-corrected chi connectivity index (χ1v) is 8.74. The minimum atomic E-state index is -0.896. The summed E-state index contributed by atoms with van der Waals surface area (Å²) in [6.07, 6.45) is 0. The Labute approximate surface area is 166 Å². The highest BCUT2D eigenvalue weighted by Gasteiger charge is 2.29. The van der Waals surface area contributed by atoms with Crippen LogP contribution in [0.25, 0.3) is 0 Å². The van der Waals surface area contributed by atoms with Gasteiger partial charge in [0.2, 0.25) is 5.88 Å². The van der Waals surface area contributed by atoms with E-state index in [1.165, 1.54) is 19.9 Å². The number of carbonyl (C=O) groups excluding carboxylic acids is 4. The zero-order chi connectivity index (χ0) is 21.7. The summed E-state index contributed by atoms with van der Waals surface area (Å²) >= 11 is 0. The number of esters is 2. The number of ether oxygens (including phenoxy) is 2. The molecule has 1 amide bonds. The van der Waals surface area contributed by atoms with Crippen LogP contribution in [0.1, 0.15) is 56.2 Å². The molecule has 2 rings (SSSR count). The Morgan fingerprint density at radius 3 is 2.38 bits per heavy atom. The number of Topliss-reactive ketones (excluding diaryl/α,β-unsaturated/α-hetero) is 1. The monoisotopic (exact) mass is 403 g/mol. The largest absolute Gasteiger partial charge is 0.507 e. The van der Waals surface area contributed by atoms with Crippen molar-refractivity contribution in [2.45, 2.75) is 27.7 Å². The molecule has 0 spiro atoms. The van der Waals surface area contributed by atoms with Gasteiger partial charge in [0, 0.05) is 0 Å². The second-order valence-corrected chi connectivity index (χ2v) is 6.11. The van der Waals surface area contributed by atoms with Gasteiger partial charge in [-0.25, -0.2) is 9.59 Å². The number of phenols is 1. The van der Waals surface area contributed by atoms with E-state index >= 15 is 0 Å². The lowest BCUT2D eigenvalue weighted by atomic mass is 10.1. The molecule has 9 heteroatoms. The first-order valence-electron chi connectivity index (χ1n) is 8.74. The maximum Gasteiger partial charge on any atom is 0.344 e. The van der Waals surface area contributed by atoms with Crippen molar-refractivity contribution in [1.29, 1.82) is 0 Å². The van der Waals surface area contributed by atoms with Crippen LogP contribution >= 0.6 is 0 Å². The third kappa shape index (κ3) is 4.81. The number of phenolic OH excluding ortho intramolecular Hbond substituents is 1. The van der Waals surface area contributed by atoms with E-state index in [9.17, 15) is 24.3 Å². The highest BCUT2D eigenvalue weighted by atomic mass is 16.5. The molecule has 0 saturated heterocycles. The van der Waals surface area contributed by atoms with E-state index in [1.54, 1.807) is 26.0 Å². The van der Waals surface area contributed by atoms with Crippen LogP contribution in [0, 0.1) is 13.8 Å². The van der Waals surface area contributed by atoms with Crippen LogP contribution < -0.4 is 5.32 Å². The molecule has 1 aromatic heterocycles. The highest BCUT2D eigenvalue weighted by Crippen LogP contribution is 2.28. The minimum absolute atomic E-state index is 0.000396. The molecule has 154 valence electrons. The summed E-state index contributed by atoms with van der Waals surface area (Å²) in [5, 5.41) is 12.2. The summed E-state index contributed by atoms with van der Waals surface area (Å²) in [7, 11) is 0. The Balaban J connectivity index is 2.15. The lowest BCUT2D eigenvalue weighted by Gasteiger charge is -2.08. The van der Waals surface area contributed by atoms with Crippen molar-refractivity contribution in [3.8, 4) is 5.75 Å². The molecule has 1 aromatic carbocycles. The summed E-state index contributed by atoms with van der Waals surface area (Å²) in [6, 6.07) is 4.53. The van der Waals surface area contributed by atoms with E-state index in [0.717, 1.165) is 0 Å². The van der Waals surface area contributed by atoms with Crippen LogP contribution in [0.15, 0.2) is 22.6 Å². The molecule has 0 atom stereocenters. The molecule has 2 N–H and O–H groups in total. The molecule has 0 aliphatic heterocycles. The van der Waals surface area contributed by atoms with Crippen LogP contribution in [0.4, 0.5) is 5.88 Å². The predicted molar refractivity (Wildman–Crippen MR) is 101 cm³/mol. The van der Waals surface area contributed by atoms with E-state index in [2.05, 4.69) is 5.32 Å². The van der Waals surface area contributed by atoms with Gasteiger partial charge in [-0.15, -0.1) is 0 Å².